The molecule has 4 heteroatoms. The molecule has 104 valence electrons. The Morgan fingerprint density at radius 2 is 1.89 bits per heavy atom. The molecular weight excluding hydrogens is 246 g/mol. The Morgan fingerprint density at radius 1 is 1.22 bits per heavy atom. The number of hydrogen-bond acceptors (Lipinski definition) is 4. The second-order valence-corrected chi connectivity index (χ2v) is 5.13. The minimum Gasteiger partial charge on any atom is -0.351 e. The van der Waals surface area contributed by atoms with Gasteiger partial charge in [0.05, 0.1) is 6.04 Å². The summed E-state index contributed by atoms with van der Waals surface area (Å²) in [6, 6.07) is 2.28. The lowest BCUT2D eigenvalue weighted by atomic mass is 10.1. The van der Waals surface area contributed by atoms with Gasteiger partial charge in [-0.1, -0.05) is 6.92 Å². The molecule has 1 aromatic heterocycles. The van der Waals surface area contributed by atoms with E-state index in [1.165, 1.54) is 10.4 Å². The molecule has 18 heavy (non-hydrogen) atoms. The summed E-state index contributed by atoms with van der Waals surface area (Å²) in [5.74, 6) is 0. The summed E-state index contributed by atoms with van der Waals surface area (Å²) in [6.07, 6.45) is 0.898. The van der Waals surface area contributed by atoms with E-state index in [2.05, 4.69) is 30.6 Å². The van der Waals surface area contributed by atoms with Crippen molar-refractivity contribution in [1.82, 2.24) is 5.32 Å². The maximum absolute atomic E-state index is 5.74. The molecule has 0 amide bonds. The largest absolute Gasteiger partial charge is 0.351 e. The molecule has 3 nitrogen and oxygen atoms in total. The summed E-state index contributed by atoms with van der Waals surface area (Å²) in [6.45, 7) is 10.6. The Kier molecular flexibility index (Phi) is 7.51. The molecule has 0 spiro atoms. The molecule has 1 atom stereocenters. The van der Waals surface area contributed by atoms with Crippen LogP contribution in [0, 0.1) is 6.92 Å². The molecule has 0 saturated carbocycles. The highest BCUT2D eigenvalue weighted by molar-refractivity contribution is 7.10. The first-order valence-electron chi connectivity index (χ1n) is 6.75. The highest BCUT2D eigenvalue weighted by Crippen LogP contribution is 2.28. The lowest BCUT2D eigenvalue weighted by Gasteiger charge is -2.27. The van der Waals surface area contributed by atoms with Crippen LogP contribution >= 0.6 is 11.3 Å². The first-order valence-corrected chi connectivity index (χ1v) is 7.63. The number of rotatable bonds is 9. The number of thiophene rings is 1. The standard InChI is InChI=1S/C14H25NO2S/c1-5-9-15-12(13-11(4)8-10-18-13)14(16-6-2)17-7-3/h8,10,12,14-15H,5-7,9H2,1-4H3. The van der Waals surface area contributed by atoms with E-state index in [0.29, 0.717) is 13.2 Å². The molecule has 1 rings (SSSR count). The summed E-state index contributed by atoms with van der Waals surface area (Å²) in [5, 5.41) is 5.67. The van der Waals surface area contributed by atoms with Gasteiger partial charge in [0.25, 0.3) is 0 Å². The van der Waals surface area contributed by atoms with Crippen LogP contribution in [0.3, 0.4) is 0 Å². The van der Waals surface area contributed by atoms with Gasteiger partial charge in [0, 0.05) is 18.1 Å². The van der Waals surface area contributed by atoms with Crippen LogP contribution in [0.2, 0.25) is 0 Å². The summed E-state index contributed by atoms with van der Waals surface area (Å²) in [7, 11) is 0. The first kappa shape index (κ1) is 15.6. The van der Waals surface area contributed by atoms with Crippen molar-refractivity contribution >= 4 is 11.3 Å². The predicted molar refractivity (Wildman–Crippen MR) is 77.1 cm³/mol. The summed E-state index contributed by atoms with van der Waals surface area (Å²) in [5.41, 5.74) is 1.30. The highest BCUT2D eigenvalue weighted by atomic mass is 32.1. The molecule has 0 aliphatic carbocycles. The Balaban J connectivity index is 2.84. The average molecular weight is 271 g/mol. The Morgan fingerprint density at radius 3 is 2.33 bits per heavy atom. The Bertz CT molecular complexity index is 321. The van der Waals surface area contributed by atoms with Crippen molar-refractivity contribution in [3.8, 4) is 0 Å². The predicted octanol–water partition coefficient (Wildman–Crippen LogP) is 3.50. The molecule has 1 aromatic rings. The fraction of sp³-hybridized carbons (Fsp3) is 0.714. The van der Waals surface area contributed by atoms with Crippen molar-refractivity contribution < 1.29 is 9.47 Å². The molecule has 0 fully saturated rings. The third-order valence-electron chi connectivity index (χ3n) is 2.73. The van der Waals surface area contributed by atoms with Gasteiger partial charge in [-0.15, -0.1) is 11.3 Å². The van der Waals surface area contributed by atoms with Crippen LogP contribution in [0.25, 0.3) is 0 Å². The Hall–Kier alpha value is -0.420. The van der Waals surface area contributed by atoms with Gasteiger partial charge in [0.2, 0.25) is 0 Å². The molecule has 1 heterocycles. The molecule has 0 aliphatic heterocycles. The third kappa shape index (κ3) is 4.35. The second-order valence-electron chi connectivity index (χ2n) is 4.18. The van der Waals surface area contributed by atoms with E-state index in [9.17, 15) is 0 Å². The monoisotopic (exact) mass is 271 g/mol. The van der Waals surface area contributed by atoms with Gasteiger partial charge in [0.1, 0.15) is 0 Å². The van der Waals surface area contributed by atoms with E-state index < -0.39 is 0 Å². The van der Waals surface area contributed by atoms with Crippen molar-refractivity contribution in [2.24, 2.45) is 0 Å². The van der Waals surface area contributed by atoms with Gasteiger partial charge < -0.3 is 14.8 Å². The highest BCUT2D eigenvalue weighted by Gasteiger charge is 2.25. The van der Waals surface area contributed by atoms with E-state index in [-0.39, 0.29) is 12.3 Å². The van der Waals surface area contributed by atoms with Gasteiger partial charge in [-0.2, -0.15) is 0 Å². The Labute approximate surface area is 114 Å². The summed E-state index contributed by atoms with van der Waals surface area (Å²) in [4.78, 5) is 1.32. The van der Waals surface area contributed by atoms with E-state index in [1.54, 1.807) is 11.3 Å². The molecule has 0 radical (unpaired) electrons. The van der Waals surface area contributed by atoms with Crippen LogP contribution in [0.1, 0.15) is 43.7 Å². The van der Waals surface area contributed by atoms with Crippen LogP contribution in [0.15, 0.2) is 11.4 Å². The van der Waals surface area contributed by atoms with E-state index in [1.807, 2.05) is 13.8 Å². The lowest BCUT2D eigenvalue weighted by Crippen LogP contribution is -2.36. The van der Waals surface area contributed by atoms with Crippen molar-refractivity contribution in [2.75, 3.05) is 19.8 Å². The molecule has 1 unspecified atom stereocenters. The molecular formula is C14H25NO2S. The third-order valence-corrected chi connectivity index (χ3v) is 3.83. The number of nitrogens with one attached hydrogen (secondary N) is 1. The SMILES string of the molecule is CCCNC(c1sccc1C)C(OCC)OCC. The van der Waals surface area contributed by atoms with Crippen molar-refractivity contribution in [3.05, 3.63) is 21.9 Å². The molecule has 1 N–H and O–H groups in total. The van der Waals surface area contributed by atoms with Crippen LogP contribution < -0.4 is 5.32 Å². The summed E-state index contributed by atoms with van der Waals surface area (Å²) >= 11 is 1.77. The topological polar surface area (TPSA) is 30.5 Å². The zero-order chi connectivity index (χ0) is 13.4. The minimum atomic E-state index is -0.205. The van der Waals surface area contributed by atoms with Gasteiger partial charge in [-0.3, -0.25) is 0 Å². The van der Waals surface area contributed by atoms with Crippen molar-refractivity contribution in [1.29, 1.82) is 0 Å². The molecule has 0 saturated heterocycles. The van der Waals surface area contributed by atoms with Gasteiger partial charge in [-0.25, -0.2) is 0 Å². The maximum atomic E-state index is 5.74. The fourth-order valence-corrected chi connectivity index (χ4v) is 2.90. The molecule has 0 aromatic carbocycles. The fourth-order valence-electron chi connectivity index (χ4n) is 1.88. The van der Waals surface area contributed by atoms with E-state index in [4.69, 9.17) is 9.47 Å². The second kappa shape index (κ2) is 8.64. The maximum Gasteiger partial charge on any atom is 0.177 e. The van der Waals surface area contributed by atoms with E-state index in [0.717, 1.165) is 13.0 Å². The first-order chi connectivity index (χ1) is 8.74. The van der Waals surface area contributed by atoms with Gasteiger partial charge in [0.15, 0.2) is 6.29 Å². The minimum absolute atomic E-state index is 0.129. The number of ether oxygens (including phenoxy) is 2. The molecule has 0 bridgehead atoms. The molecule has 0 aliphatic rings. The van der Waals surface area contributed by atoms with Crippen molar-refractivity contribution in [3.63, 3.8) is 0 Å². The van der Waals surface area contributed by atoms with Crippen LogP contribution in [0.4, 0.5) is 0 Å². The summed E-state index contributed by atoms with van der Waals surface area (Å²) < 4.78 is 11.5. The lowest BCUT2D eigenvalue weighted by molar-refractivity contribution is -0.154. The van der Waals surface area contributed by atoms with Gasteiger partial charge in [-0.05, 0) is 50.7 Å². The number of hydrogen-bond donors (Lipinski definition) is 1. The van der Waals surface area contributed by atoms with Crippen molar-refractivity contribution in [2.45, 2.75) is 46.4 Å². The van der Waals surface area contributed by atoms with Crippen LogP contribution in [0.5, 0.6) is 0 Å². The van der Waals surface area contributed by atoms with Gasteiger partial charge >= 0.3 is 0 Å². The quantitative estimate of drug-likeness (QED) is 0.697. The van der Waals surface area contributed by atoms with Crippen LogP contribution in [-0.2, 0) is 9.47 Å². The zero-order valence-corrected chi connectivity index (χ0v) is 12.7. The van der Waals surface area contributed by atoms with Crippen LogP contribution in [-0.4, -0.2) is 26.0 Å². The zero-order valence-electron chi connectivity index (χ0n) is 11.9. The average Bonchev–Trinajstić information content (AvgIpc) is 2.77. The van der Waals surface area contributed by atoms with E-state index >= 15 is 0 Å². The smallest absolute Gasteiger partial charge is 0.177 e. The number of aryl methyl sites for hydroxylation is 1. The normalized spacial score (nSPS) is 13.2.